The van der Waals surface area contributed by atoms with Gasteiger partial charge in [-0.1, -0.05) is 11.6 Å². The van der Waals surface area contributed by atoms with Crippen LogP contribution in [0.15, 0.2) is 53.8 Å². The van der Waals surface area contributed by atoms with E-state index in [1.165, 1.54) is 42.9 Å². The highest BCUT2D eigenvalue weighted by atomic mass is 35.5. The normalized spacial score (nSPS) is 12.6. The molecule has 2 aromatic carbocycles. The number of halogens is 3. The van der Waals surface area contributed by atoms with Gasteiger partial charge in [-0.3, -0.25) is 0 Å². The minimum absolute atomic E-state index is 0.268. The third-order valence-electron chi connectivity index (χ3n) is 4.39. The Labute approximate surface area is 172 Å². The second-order valence-electron chi connectivity index (χ2n) is 6.59. The zero-order valence-electron chi connectivity index (χ0n) is 15.7. The van der Waals surface area contributed by atoms with Crippen LogP contribution in [0.3, 0.4) is 0 Å². The summed E-state index contributed by atoms with van der Waals surface area (Å²) in [6.45, 7) is 3.35. The summed E-state index contributed by atoms with van der Waals surface area (Å²) < 4.78 is 54.0. The van der Waals surface area contributed by atoms with Crippen molar-refractivity contribution < 1.29 is 17.2 Å². The van der Waals surface area contributed by atoms with E-state index in [2.05, 4.69) is 15.3 Å². The lowest BCUT2D eigenvalue weighted by molar-refractivity contribution is 0.565. The highest BCUT2D eigenvalue weighted by molar-refractivity contribution is 7.90. The molecule has 0 saturated heterocycles. The molecule has 0 bridgehead atoms. The summed E-state index contributed by atoms with van der Waals surface area (Å²) in [6, 6.07) is 7.48. The van der Waals surface area contributed by atoms with Crippen LogP contribution in [0.4, 0.5) is 14.5 Å². The van der Waals surface area contributed by atoms with Crippen molar-refractivity contribution in [2.75, 3.05) is 5.32 Å². The van der Waals surface area contributed by atoms with E-state index < -0.39 is 38.2 Å². The molecular weight excluding hydrogens is 420 g/mol. The number of aromatic nitrogens is 2. The molecule has 0 aliphatic rings. The predicted molar refractivity (Wildman–Crippen MR) is 108 cm³/mol. The Bertz CT molecular complexity index is 1140. The number of nitrogens with zero attached hydrogens (tertiary/aromatic N) is 2. The minimum Gasteiger partial charge on any atom is -0.378 e. The van der Waals surface area contributed by atoms with Gasteiger partial charge in [0.1, 0.15) is 22.9 Å². The summed E-state index contributed by atoms with van der Waals surface area (Å²) in [6.07, 6.45) is 2.65. The largest absolute Gasteiger partial charge is 0.378 e. The summed E-state index contributed by atoms with van der Waals surface area (Å²) in [5.41, 5.74) is 1.44. The van der Waals surface area contributed by atoms with Crippen LogP contribution in [-0.2, 0) is 15.6 Å². The molecule has 0 radical (unpaired) electrons. The molecule has 0 spiro atoms. The number of hydrogen-bond acceptors (Lipinski definition) is 5. The van der Waals surface area contributed by atoms with Gasteiger partial charge in [-0.05, 0) is 55.8 Å². The Morgan fingerprint density at radius 3 is 2.59 bits per heavy atom. The summed E-state index contributed by atoms with van der Waals surface area (Å²) in [5, 5.41) is 3.39. The molecule has 0 unspecified atom stereocenters. The SMILES string of the molecule is Cc1cc(S(=O)(=O)Cc2ccncn2)c(F)cc1N[C@@H](C)c1cc(Cl)ccc1F. The van der Waals surface area contributed by atoms with Gasteiger partial charge in [0.15, 0.2) is 9.84 Å². The maximum Gasteiger partial charge on any atom is 0.186 e. The third-order valence-corrected chi connectivity index (χ3v) is 6.29. The first-order valence-electron chi connectivity index (χ1n) is 8.66. The number of aryl methyl sites for hydroxylation is 1. The van der Waals surface area contributed by atoms with Gasteiger partial charge in [0, 0.05) is 22.5 Å². The predicted octanol–water partition coefficient (Wildman–Crippen LogP) is 4.86. The van der Waals surface area contributed by atoms with Gasteiger partial charge in [0.05, 0.1) is 17.5 Å². The molecule has 3 aromatic rings. The Kier molecular flexibility index (Phi) is 6.14. The number of rotatable bonds is 6. The maximum absolute atomic E-state index is 14.7. The topological polar surface area (TPSA) is 72.0 Å². The fourth-order valence-corrected chi connectivity index (χ4v) is 4.49. The molecule has 29 heavy (non-hydrogen) atoms. The van der Waals surface area contributed by atoms with Crippen molar-refractivity contribution in [3.8, 4) is 0 Å². The zero-order valence-corrected chi connectivity index (χ0v) is 17.2. The van der Waals surface area contributed by atoms with Gasteiger partial charge in [-0.25, -0.2) is 27.2 Å². The lowest BCUT2D eigenvalue weighted by Crippen LogP contribution is -2.12. The molecular formula is C20H18ClF2N3O2S. The molecule has 0 amide bonds. The first-order chi connectivity index (χ1) is 13.7. The molecule has 1 heterocycles. The van der Waals surface area contributed by atoms with Crippen LogP contribution in [0.2, 0.25) is 5.02 Å². The van der Waals surface area contributed by atoms with Gasteiger partial charge in [-0.15, -0.1) is 0 Å². The van der Waals surface area contributed by atoms with Crippen LogP contribution < -0.4 is 5.32 Å². The van der Waals surface area contributed by atoms with Crippen molar-refractivity contribution in [2.45, 2.75) is 30.5 Å². The summed E-state index contributed by atoms with van der Waals surface area (Å²) in [4.78, 5) is 7.19. The molecule has 3 rings (SSSR count). The molecule has 9 heteroatoms. The van der Waals surface area contributed by atoms with Crippen LogP contribution in [0.1, 0.15) is 29.8 Å². The molecule has 1 N–H and O–H groups in total. The smallest absolute Gasteiger partial charge is 0.186 e. The van der Waals surface area contributed by atoms with Gasteiger partial charge in [0.25, 0.3) is 0 Å². The molecule has 0 fully saturated rings. The van der Waals surface area contributed by atoms with E-state index in [4.69, 9.17) is 11.6 Å². The van der Waals surface area contributed by atoms with Crippen LogP contribution in [0.25, 0.3) is 0 Å². The van der Waals surface area contributed by atoms with Crippen molar-refractivity contribution in [3.05, 3.63) is 82.4 Å². The number of hydrogen-bond donors (Lipinski definition) is 1. The third kappa shape index (κ3) is 4.89. The molecule has 0 saturated carbocycles. The van der Waals surface area contributed by atoms with Crippen molar-refractivity contribution >= 4 is 27.1 Å². The molecule has 1 atom stereocenters. The highest BCUT2D eigenvalue weighted by Crippen LogP contribution is 2.30. The van der Waals surface area contributed by atoms with E-state index in [1.807, 2.05) is 0 Å². The van der Waals surface area contributed by atoms with E-state index in [-0.39, 0.29) is 5.69 Å². The summed E-state index contributed by atoms with van der Waals surface area (Å²) in [7, 11) is -3.95. The first kappa shape index (κ1) is 21.1. The van der Waals surface area contributed by atoms with E-state index in [9.17, 15) is 17.2 Å². The van der Waals surface area contributed by atoms with Crippen molar-refractivity contribution in [2.24, 2.45) is 0 Å². The minimum atomic E-state index is -3.95. The Morgan fingerprint density at radius 2 is 1.90 bits per heavy atom. The average Bonchev–Trinajstić information content (AvgIpc) is 2.66. The summed E-state index contributed by atoms with van der Waals surface area (Å²) in [5.74, 6) is -1.79. The summed E-state index contributed by atoms with van der Waals surface area (Å²) >= 11 is 5.93. The average molecular weight is 438 g/mol. The van der Waals surface area contributed by atoms with Crippen LogP contribution in [0.5, 0.6) is 0 Å². The fraction of sp³-hybridized carbons (Fsp3) is 0.200. The lowest BCUT2D eigenvalue weighted by Gasteiger charge is -2.19. The van der Waals surface area contributed by atoms with E-state index in [0.29, 0.717) is 21.8 Å². The molecule has 1 aromatic heterocycles. The zero-order chi connectivity index (χ0) is 21.2. The molecule has 152 valence electrons. The highest BCUT2D eigenvalue weighted by Gasteiger charge is 2.23. The van der Waals surface area contributed by atoms with Crippen LogP contribution in [0, 0.1) is 18.6 Å². The number of anilines is 1. The maximum atomic E-state index is 14.7. The van der Waals surface area contributed by atoms with Crippen LogP contribution in [-0.4, -0.2) is 18.4 Å². The van der Waals surface area contributed by atoms with Crippen LogP contribution >= 0.6 is 11.6 Å². The fourth-order valence-electron chi connectivity index (χ4n) is 2.88. The molecule has 5 nitrogen and oxygen atoms in total. The number of benzene rings is 2. The van der Waals surface area contributed by atoms with Crippen molar-refractivity contribution in [1.29, 1.82) is 0 Å². The molecule has 0 aliphatic carbocycles. The van der Waals surface area contributed by atoms with Gasteiger partial charge in [0.2, 0.25) is 0 Å². The van der Waals surface area contributed by atoms with Gasteiger partial charge >= 0.3 is 0 Å². The van der Waals surface area contributed by atoms with Crippen molar-refractivity contribution in [3.63, 3.8) is 0 Å². The lowest BCUT2D eigenvalue weighted by atomic mass is 10.1. The van der Waals surface area contributed by atoms with Gasteiger partial charge in [-0.2, -0.15) is 0 Å². The van der Waals surface area contributed by atoms with Crippen molar-refractivity contribution in [1.82, 2.24) is 9.97 Å². The second kappa shape index (κ2) is 8.42. The second-order valence-corrected chi connectivity index (χ2v) is 8.98. The molecule has 0 aliphatic heterocycles. The number of sulfone groups is 1. The first-order valence-corrected chi connectivity index (χ1v) is 10.7. The Hall–Kier alpha value is -2.58. The Balaban J connectivity index is 1.88. The van der Waals surface area contributed by atoms with E-state index in [0.717, 1.165) is 6.07 Å². The monoisotopic (exact) mass is 437 g/mol. The van der Waals surface area contributed by atoms with E-state index >= 15 is 0 Å². The number of nitrogens with one attached hydrogen (secondary N) is 1. The standard InChI is InChI=1S/C20H18ClF2N3O2S/c1-12-7-20(29(27,28)10-15-5-6-24-11-25-15)18(23)9-19(12)26-13(2)16-8-14(21)3-4-17(16)22/h3-9,11,13,26H,10H2,1-2H3/t13-/m0/s1. The Morgan fingerprint density at radius 1 is 1.14 bits per heavy atom. The van der Waals surface area contributed by atoms with Gasteiger partial charge < -0.3 is 5.32 Å². The van der Waals surface area contributed by atoms with E-state index in [1.54, 1.807) is 13.8 Å². The quantitative estimate of drug-likeness (QED) is 0.596.